The summed E-state index contributed by atoms with van der Waals surface area (Å²) in [4.78, 5) is 15.8. The highest BCUT2D eigenvalue weighted by Crippen LogP contribution is 2.38. The topological polar surface area (TPSA) is 95.5 Å². The van der Waals surface area contributed by atoms with Crippen LogP contribution in [0.5, 0.6) is 0 Å². The smallest absolute Gasteiger partial charge is 0.229 e. The van der Waals surface area contributed by atoms with Crippen molar-refractivity contribution in [3.8, 4) is 0 Å². The van der Waals surface area contributed by atoms with E-state index >= 15 is 0 Å². The molecule has 0 aliphatic heterocycles. The molecule has 0 radical (unpaired) electrons. The van der Waals surface area contributed by atoms with Gasteiger partial charge in [0.25, 0.3) is 0 Å². The quantitative estimate of drug-likeness (QED) is 0.631. The van der Waals surface area contributed by atoms with Crippen LogP contribution < -0.4 is 4.90 Å². The van der Waals surface area contributed by atoms with E-state index in [1.165, 1.54) is 24.0 Å². The first-order valence-corrected chi connectivity index (χ1v) is 10.7. The zero-order valence-electron chi connectivity index (χ0n) is 17.5. The van der Waals surface area contributed by atoms with Crippen LogP contribution in [-0.4, -0.2) is 50.5 Å². The maximum atomic E-state index is 9.95. The van der Waals surface area contributed by atoms with Gasteiger partial charge in [0.05, 0.1) is 17.6 Å². The molecule has 0 spiro atoms. The normalized spacial score (nSPS) is 16.2. The molecule has 1 aliphatic rings. The minimum Gasteiger partial charge on any atom is -0.432 e. The lowest BCUT2D eigenvalue weighted by Crippen LogP contribution is -2.37. The molecule has 3 heterocycles. The molecular formula is C22H30N4O3. The van der Waals surface area contributed by atoms with Gasteiger partial charge in [-0.1, -0.05) is 13.3 Å². The van der Waals surface area contributed by atoms with E-state index in [0.717, 1.165) is 42.3 Å². The number of hydrogen-bond acceptors (Lipinski definition) is 7. The van der Waals surface area contributed by atoms with Crippen LogP contribution in [0.4, 0.5) is 5.82 Å². The second-order valence-corrected chi connectivity index (χ2v) is 8.23. The van der Waals surface area contributed by atoms with Crippen molar-refractivity contribution in [1.29, 1.82) is 0 Å². The number of pyridine rings is 1. The summed E-state index contributed by atoms with van der Waals surface area (Å²) in [6.45, 7) is 6.32. The second-order valence-electron chi connectivity index (χ2n) is 8.23. The van der Waals surface area contributed by atoms with Crippen molar-refractivity contribution in [2.24, 2.45) is 0 Å². The van der Waals surface area contributed by atoms with Crippen molar-refractivity contribution in [2.45, 2.75) is 71.5 Å². The molecular weight excluding hydrogens is 368 g/mol. The molecule has 0 saturated carbocycles. The molecule has 3 aromatic rings. The highest BCUT2D eigenvalue weighted by molar-refractivity contribution is 6.06. The fourth-order valence-electron chi connectivity index (χ4n) is 4.48. The molecule has 156 valence electrons. The standard InChI is InChI=1S/C22H30N4O3/c1-4-7-17-15-8-5-6-9-16(15)18-19-20(29-22(18)25-17)21(24-12-23-19)26(10-13(2)27)11-14(3)28/h12-14,27-28H,4-11H2,1-3H3/t13-,14+. The number of hydrogen-bond donors (Lipinski definition) is 2. The van der Waals surface area contributed by atoms with E-state index in [9.17, 15) is 10.2 Å². The van der Waals surface area contributed by atoms with Gasteiger partial charge in [0.1, 0.15) is 11.8 Å². The second kappa shape index (κ2) is 8.24. The molecule has 2 N–H and O–H groups in total. The van der Waals surface area contributed by atoms with Crippen LogP contribution in [0.2, 0.25) is 0 Å². The lowest BCUT2D eigenvalue weighted by Gasteiger charge is -2.26. The number of aliphatic hydroxyl groups is 2. The van der Waals surface area contributed by atoms with Gasteiger partial charge in [0.2, 0.25) is 5.71 Å². The first kappa shape index (κ1) is 20.0. The van der Waals surface area contributed by atoms with Crippen molar-refractivity contribution in [2.75, 3.05) is 18.0 Å². The van der Waals surface area contributed by atoms with Crippen LogP contribution in [0, 0.1) is 0 Å². The molecule has 0 aromatic carbocycles. The molecule has 3 aromatic heterocycles. The van der Waals surface area contributed by atoms with Gasteiger partial charge in [-0.25, -0.2) is 15.0 Å². The fourth-order valence-corrected chi connectivity index (χ4v) is 4.48. The maximum absolute atomic E-state index is 9.95. The Morgan fingerprint density at radius 1 is 1.07 bits per heavy atom. The van der Waals surface area contributed by atoms with E-state index in [-0.39, 0.29) is 0 Å². The van der Waals surface area contributed by atoms with Crippen LogP contribution in [-0.2, 0) is 19.3 Å². The van der Waals surface area contributed by atoms with Crippen molar-refractivity contribution < 1.29 is 14.6 Å². The Morgan fingerprint density at radius 3 is 2.41 bits per heavy atom. The molecule has 4 rings (SSSR count). The number of aromatic nitrogens is 3. The Bertz CT molecular complexity index is 1000. The number of anilines is 1. The van der Waals surface area contributed by atoms with Crippen LogP contribution in [0.15, 0.2) is 10.7 Å². The van der Waals surface area contributed by atoms with Gasteiger partial charge >= 0.3 is 0 Å². The van der Waals surface area contributed by atoms with Crippen LogP contribution in [0.1, 0.15) is 56.9 Å². The van der Waals surface area contributed by atoms with Crippen molar-refractivity contribution in [3.05, 3.63) is 23.1 Å². The van der Waals surface area contributed by atoms with Crippen molar-refractivity contribution in [1.82, 2.24) is 15.0 Å². The third kappa shape index (κ3) is 3.81. The predicted molar refractivity (Wildman–Crippen MR) is 113 cm³/mol. The minimum absolute atomic E-state index is 0.348. The summed E-state index contributed by atoms with van der Waals surface area (Å²) >= 11 is 0. The van der Waals surface area contributed by atoms with Gasteiger partial charge in [0, 0.05) is 18.8 Å². The van der Waals surface area contributed by atoms with E-state index in [1.807, 2.05) is 4.90 Å². The zero-order valence-corrected chi connectivity index (χ0v) is 17.5. The molecule has 7 nitrogen and oxygen atoms in total. The Balaban J connectivity index is 1.94. The van der Waals surface area contributed by atoms with Gasteiger partial charge < -0.3 is 19.5 Å². The highest BCUT2D eigenvalue weighted by atomic mass is 16.3. The Labute approximate surface area is 170 Å². The zero-order chi connectivity index (χ0) is 20.5. The van der Waals surface area contributed by atoms with Crippen LogP contribution in [0.25, 0.3) is 22.2 Å². The van der Waals surface area contributed by atoms with E-state index in [0.29, 0.717) is 30.2 Å². The molecule has 7 heteroatoms. The SMILES string of the molecule is CCCc1nc2oc3c(N(C[C@H](C)O)C[C@@H](C)O)ncnc3c2c2c1CCCC2. The number of fused-ring (bicyclic) bond motifs is 5. The number of aryl methyl sites for hydroxylation is 2. The molecule has 2 atom stereocenters. The van der Waals surface area contributed by atoms with E-state index in [2.05, 4.69) is 16.9 Å². The maximum Gasteiger partial charge on any atom is 0.229 e. The van der Waals surface area contributed by atoms with E-state index in [1.54, 1.807) is 20.2 Å². The van der Waals surface area contributed by atoms with Gasteiger partial charge in [-0.2, -0.15) is 0 Å². The first-order chi connectivity index (χ1) is 14.0. The van der Waals surface area contributed by atoms with Crippen molar-refractivity contribution >= 4 is 28.0 Å². The van der Waals surface area contributed by atoms with Gasteiger partial charge in [0.15, 0.2) is 11.4 Å². The third-order valence-corrected chi connectivity index (χ3v) is 5.54. The summed E-state index contributed by atoms with van der Waals surface area (Å²) in [5.41, 5.74) is 5.83. The van der Waals surface area contributed by atoms with Gasteiger partial charge in [-0.15, -0.1) is 0 Å². The minimum atomic E-state index is -0.565. The average Bonchev–Trinajstić information content (AvgIpc) is 3.05. The van der Waals surface area contributed by atoms with E-state index < -0.39 is 12.2 Å². The van der Waals surface area contributed by atoms with Gasteiger partial charge in [-0.3, -0.25) is 0 Å². The monoisotopic (exact) mass is 398 g/mol. The third-order valence-electron chi connectivity index (χ3n) is 5.54. The van der Waals surface area contributed by atoms with Gasteiger partial charge in [-0.05, 0) is 57.1 Å². The average molecular weight is 399 g/mol. The largest absolute Gasteiger partial charge is 0.432 e. The lowest BCUT2D eigenvalue weighted by atomic mass is 9.88. The Kier molecular flexibility index (Phi) is 5.69. The molecule has 0 saturated heterocycles. The van der Waals surface area contributed by atoms with Crippen LogP contribution >= 0.6 is 0 Å². The molecule has 0 bridgehead atoms. The van der Waals surface area contributed by atoms with E-state index in [4.69, 9.17) is 9.40 Å². The summed E-state index contributed by atoms with van der Waals surface area (Å²) in [5.74, 6) is 0.594. The summed E-state index contributed by atoms with van der Waals surface area (Å²) in [5, 5.41) is 20.9. The molecule has 29 heavy (non-hydrogen) atoms. The van der Waals surface area contributed by atoms with Crippen LogP contribution in [0.3, 0.4) is 0 Å². The molecule has 0 amide bonds. The molecule has 0 fully saturated rings. The van der Waals surface area contributed by atoms with Crippen molar-refractivity contribution in [3.63, 3.8) is 0 Å². The number of rotatable bonds is 7. The fraction of sp³-hybridized carbons (Fsp3) is 0.591. The summed E-state index contributed by atoms with van der Waals surface area (Å²) in [7, 11) is 0. The Morgan fingerprint density at radius 2 is 1.76 bits per heavy atom. The molecule has 1 aliphatic carbocycles. The summed E-state index contributed by atoms with van der Waals surface area (Å²) in [6, 6.07) is 0. The first-order valence-electron chi connectivity index (χ1n) is 10.7. The summed E-state index contributed by atoms with van der Waals surface area (Å²) < 4.78 is 6.24. The molecule has 0 unspecified atom stereocenters. The lowest BCUT2D eigenvalue weighted by molar-refractivity contribution is 0.178. The number of aliphatic hydroxyl groups excluding tert-OH is 2. The Hall–Kier alpha value is -2.25. The highest BCUT2D eigenvalue weighted by Gasteiger charge is 2.26. The predicted octanol–water partition coefficient (Wildman–Crippen LogP) is 3.17. The number of nitrogens with zero attached hydrogens (tertiary/aromatic N) is 4. The summed E-state index contributed by atoms with van der Waals surface area (Å²) in [6.07, 6.45) is 6.85. The number of furan rings is 1.